The van der Waals surface area contributed by atoms with Gasteiger partial charge < -0.3 is 4.74 Å². The van der Waals surface area contributed by atoms with Crippen LogP contribution >= 0.6 is 0 Å². The average molecular weight is 459 g/mol. The van der Waals surface area contributed by atoms with E-state index < -0.39 is 21.7 Å². The van der Waals surface area contributed by atoms with Crippen molar-refractivity contribution in [3.63, 3.8) is 0 Å². The highest BCUT2D eigenvalue weighted by molar-refractivity contribution is 7.92. The summed E-state index contributed by atoms with van der Waals surface area (Å²) in [5.74, 6) is 0. The molecule has 8 nitrogen and oxygen atoms in total. The molecule has 2 aromatic heterocycles. The minimum Gasteiger partial charge on any atom is -0.444 e. The second-order valence-corrected chi connectivity index (χ2v) is 10.4. The van der Waals surface area contributed by atoms with E-state index in [0.717, 1.165) is 5.56 Å². The third kappa shape index (κ3) is 4.88. The number of hydrogen-bond acceptors (Lipinski definition) is 5. The Hall–Kier alpha value is -3.07. The Morgan fingerprint density at radius 2 is 1.91 bits per heavy atom. The van der Waals surface area contributed by atoms with Crippen molar-refractivity contribution in [1.82, 2.24) is 9.38 Å². The third-order valence-corrected chi connectivity index (χ3v) is 6.67. The number of aryl methyl sites for hydroxylation is 2. The summed E-state index contributed by atoms with van der Waals surface area (Å²) in [4.78, 5) is 16.6. The summed E-state index contributed by atoms with van der Waals surface area (Å²) in [7, 11) is -3.94. The van der Waals surface area contributed by atoms with E-state index in [1.807, 2.05) is 19.9 Å². The van der Waals surface area contributed by atoms with Crippen LogP contribution in [0.2, 0.25) is 0 Å². The topological polar surface area (TPSA) is 93.0 Å². The van der Waals surface area contributed by atoms with Gasteiger partial charge in [-0.15, -0.1) is 0 Å². The fourth-order valence-corrected chi connectivity index (χ4v) is 5.37. The zero-order chi connectivity index (χ0) is 23.7. The van der Waals surface area contributed by atoms with Gasteiger partial charge in [0.2, 0.25) is 0 Å². The summed E-state index contributed by atoms with van der Waals surface area (Å²) in [5.41, 5.74) is 2.06. The molecule has 0 aliphatic carbocycles. The Bertz CT molecular complexity index is 1240. The molecule has 0 saturated heterocycles. The number of nitrogens with one attached hydrogen (secondary N) is 1. The molecule has 0 aliphatic heterocycles. The van der Waals surface area contributed by atoms with Gasteiger partial charge >= 0.3 is 6.09 Å². The number of hydrogen-bond donors (Lipinski definition) is 1. The predicted molar refractivity (Wildman–Crippen MR) is 126 cm³/mol. The Morgan fingerprint density at radius 3 is 2.56 bits per heavy atom. The van der Waals surface area contributed by atoms with Crippen LogP contribution in [0.3, 0.4) is 0 Å². The summed E-state index contributed by atoms with van der Waals surface area (Å²) < 4.78 is 36.0. The monoisotopic (exact) mass is 458 g/mol. The minimum atomic E-state index is -3.94. The molecule has 3 aromatic rings. The van der Waals surface area contributed by atoms with E-state index in [-0.39, 0.29) is 11.6 Å². The summed E-state index contributed by atoms with van der Waals surface area (Å²) in [6, 6.07) is 10.5. The minimum absolute atomic E-state index is 0.131. The molecule has 3 rings (SSSR count). The maximum absolute atomic E-state index is 13.8. The highest BCUT2D eigenvalue weighted by Gasteiger charge is 2.31. The normalized spacial score (nSPS) is 12.1. The molecule has 0 fully saturated rings. The smallest absolute Gasteiger partial charge is 0.412 e. The van der Waals surface area contributed by atoms with E-state index in [1.165, 1.54) is 4.31 Å². The molecule has 0 unspecified atom stereocenters. The van der Waals surface area contributed by atoms with Crippen LogP contribution in [0.4, 0.5) is 16.2 Å². The lowest BCUT2D eigenvalue weighted by Gasteiger charge is -2.26. The standard InChI is InChI=1S/C23H30N4O4S/c1-7-13-27(32(29,30)21-17(3)24-20-10-8-9-14-26(20)21)19-15-18(12-11-16(19)2)25-22(28)31-23(4,5)6/h8-12,14-15H,7,13H2,1-6H3,(H,25,28). The summed E-state index contributed by atoms with van der Waals surface area (Å²) >= 11 is 0. The molecule has 2 heterocycles. The van der Waals surface area contributed by atoms with E-state index in [4.69, 9.17) is 4.74 Å². The first-order valence-electron chi connectivity index (χ1n) is 10.5. The molecule has 0 spiro atoms. The maximum atomic E-state index is 13.8. The number of carbonyl (C=O) groups excluding carboxylic acids is 1. The van der Waals surface area contributed by atoms with E-state index in [2.05, 4.69) is 10.3 Å². The molecule has 1 aromatic carbocycles. The molecule has 0 saturated carbocycles. The van der Waals surface area contributed by atoms with Crippen molar-refractivity contribution >= 4 is 33.1 Å². The number of benzene rings is 1. The number of anilines is 2. The van der Waals surface area contributed by atoms with Gasteiger partial charge in [0.05, 0.1) is 11.4 Å². The number of fused-ring (bicyclic) bond motifs is 1. The summed E-state index contributed by atoms with van der Waals surface area (Å²) in [5, 5.41) is 2.82. The van der Waals surface area contributed by atoms with Gasteiger partial charge in [-0.2, -0.15) is 8.42 Å². The Labute approximate surface area is 189 Å². The van der Waals surface area contributed by atoms with Crippen molar-refractivity contribution in [2.45, 2.75) is 58.6 Å². The van der Waals surface area contributed by atoms with Crippen LogP contribution in [0.15, 0.2) is 47.6 Å². The van der Waals surface area contributed by atoms with Crippen molar-refractivity contribution in [2.24, 2.45) is 0 Å². The zero-order valence-corrected chi connectivity index (χ0v) is 20.2. The molecule has 0 atom stereocenters. The summed E-state index contributed by atoms with van der Waals surface area (Å²) in [6.45, 7) is 11.1. The van der Waals surface area contributed by atoms with Crippen molar-refractivity contribution in [2.75, 3.05) is 16.2 Å². The van der Waals surface area contributed by atoms with E-state index in [9.17, 15) is 13.2 Å². The summed E-state index contributed by atoms with van der Waals surface area (Å²) in [6.07, 6.45) is 1.70. The fourth-order valence-electron chi connectivity index (χ4n) is 3.46. The number of carbonyl (C=O) groups is 1. The van der Waals surface area contributed by atoms with Gasteiger partial charge in [0.1, 0.15) is 11.2 Å². The number of amides is 1. The van der Waals surface area contributed by atoms with Crippen molar-refractivity contribution < 1.29 is 17.9 Å². The molecule has 0 aliphatic rings. The number of imidazole rings is 1. The SMILES string of the molecule is CCCN(c1cc(NC(=O)OC(C)(C)C)ccc1C)S(=O)(=O)c1c(C)nc2ccccn12. The predicted octanol–water partition coefficient (Wildman–Crippen LogP) is 4.90. The molecule has 9 heteroatoms. The first kappa shape index (κ1) is 23.6. The van der Waals surface area contributed by atoms with Crippen LogP contribution in [0.1, 0.15) is 45.4 Å². The number of ether oxygens (including phenoxy) is 1. The van der Waals surface area contributed by atoms with E-state index >= 15 is 0 Å². The van der Waals surface area contributed by atoms with Gasteiger partial charge in [-0.3, -0.25) is 14.0 Å². The van der Waals surface area contributed by atoms with Crippen LogP contribution in [0, 0.1) is 13.8 Å². The fraction of sp³-hybridized carbons (Fsp3) is 0.391. The third-order valence-electron chi connectivity index (χ3n) is 4.73. The van der Waals surface area contributed by atoms with Crippen LogP contribution in [-0.2, 0) is 14.8 Å². The van der Waals surface area contributed by atoms with Crippen molar-refractivity contribution in [3.8, 4) is 0 Å². The van der Waals surface area contributed by atoms with Crippen LogP contribution < -0.4 is 9.62 Å². The lowest BCUT2D eigenvalue weighted by atomic mass is 10.1. The van der Waals surface area contributed by atoms with Gasteiger partial charge in [-0.05, 0) is 70.9 Å². The Morgan fingerprint density at radius 1 is 1.19 bits per heavy atom. The number of nitrogens with zero attached hydrogens (tertiary/aromatic N) is 3. The van der Waals surface area contributed by atoms with Crippen LogP contribution in [-0.4, -0.2) is 36.0 Å². The van der Waals surface area contributed by atoms with Crippen LogP contribution in [0.5, 0.6) is 0 Å². The molecule has 1 amide bonds. The Balaban J connectivity index is 2.06. The molecule has 32 heavy (non-hydrogen) atoms. The van der Waals surface area contributed by atoms with Gasteiger partial charge in [-0.25, -0.2) is 9.78 Å². The molecule has 172 valence electrons. The molecule has 0 radical (unpaired) electrons. The number of sulfonamides is 1. The maximum Gasteiger partial charge on any atom is 0.412 e. The van der Waals surface area contributed by atoms with Gasteiger partial charge in [0.15, 0.2) is 5.03 Å². The van der Waals surface area contributed by atoms with Crippen molar-refractivity contribution in [3.05, 3.63) is 53.9 Å². The largest absolute Gasteiger partial charge is 0.444 e. The second kappa shape index (κ2) is 8.82. The molecular formula is C23H30N4O4S. The van der Waals surface area contributed by atoms with E-state index in [1.54, 1.807) is 68.6 Å². The van der Waals surface area contributed by atoms with Gasteiger partial charge in [0, 0.05) is 18.4 Å². The quantitative estimate of drug-likeness (QED) is 0.567. The number of rotatable bonds is 6. The van der Waals surface area contributed by atoms with Crippen LogP contribution in [0.25, 0.3) is 5.65 Å². The second-order valence-electron chi connectivity index (χ2n) is 8.64. The molecule has 1 N–H and O–H groups in total. The Kier molecular flexibility index (Phi) is 6.50. The van der Waals surface area contributed by atoms with E-state index in [0.29, 0.717) is 29.1 Å². The first-order valence-corrected chi connectivity index (χ1v) is 11.9. The lowest BCUT2D eigenvalue weighted by molar-refractivity contribution is 0.0636. The van der Waals surface area contributed by atoms with Gasteiger partial charge in [0.25, 0.3) is 10.0 Å². The highest BCUT2D eigenvalue weighted by atomic mass is 32.2. The molecule has 0 bridgehead atoms. The average Bonchev–Trinajstić information content (AvgIpc) is 3.02. The van der Waals surface area contributed by atoms with Crippen molar-refractivity contribution in [1.29, 1.82) is 0 Å². The lowest BCUT2D eigenvalue weighted by Crippen LogP contribution is -2.34. The zero-order valence-electron chi connectivity index (χ0n) is 19.3. The van der Waals surface area contributed by atoms with Gasteiger partial charge in [-0.1, -0.05) is 19.1 Å². The molecular weight excluding hydrogens is 428 g/mol. The number of pyridine rings is 1. The first-order chi connectivity index (χ1) is 14.9. The number of aromatic nitrogens is 2. The highest BCUT2D eigenvalue weighted by Crippen LogP contribution is 2.31.